The summed E-state index contributed by atoms with van der Waals surface area (Å²) in [6.07, 6.45) is 1.20. The monoisotopic (exact) mass is 264 g/mol. The topological polar surface area (TPSA) is 67.9 Å². The van der Waals surface area contributed by atoms with Crippen LogP contribution in [0.3, 0.4) is 0 Å². The van der Waals surface area contributed by atoms with Gasteiger partial charge in [0, 0.05) is 6.42 Å². The van der Waals surface area contributed by atoms with Crippen LogP contribution < -0.4 is 15.2 Å². The molecule has 2 rings (SSSR count). The van der Waals surface area contributed by atoms with Crippen molar-refractivity contribution in [3.05, 3.63) is 23.8 Å². The molecule has 0 saturated heterocycles. The number of fused-ring (bicyclic) bond motifs is 1. The van der Waals surface area contributed by atoms with Crippen molar-refractivity contribution in [1.82, 2.24) is 5.43 Å². The lowest BCUT2D eigenvalue weighted by molar-refractivity contribution is -0.119. The third kappa shape index (κ3) is 2.78. The van der Waals surface area contributed by atoms with Crippen molar-refractivity contribution in [1.29, 1.82) is 0 Å². The Morgan fingerprint density at radius 2 is 2.11 bits per heavy atom. The highest BCUT2D eigenvalue weighted by molar-refractivity contribution is 5.96. The predicted molar refractivity (Wildman–Crippen MR) is 69.0 cm³/mol. The first-order valence-corrected chi connectivity index (χ1v) is 6.00. The number of hydrogen-bond donors (Lipinski definition) is 1. The Bertz CT molecular complexity index is 501. The maximum Gasteiger partial charge on any atom is 0.426 e. The van der Waals surface area contributed by atoms with Crippen molar-refractivity contribution in [3.8, 4) is 5.75 Å². The van der Waals surface area contributed by atoms with Crippen molar-refractivity contribution in [3.63, 3.8) is 0 Å². The standard InChI is InChI=1S/C13H16N2O4/c1-18-10-6-7-11-9(8-10)4-3-5-12(16)15(11)14-13(17)19-2/h6-8H,3-5H2,1-2H3,(H,14,17). The molecule has 0 fully saturated rings. The van der Waals surface area contributed by atoms with Crippen molar-refractivity contribution in [2.45, 2.75) is 19.3 Å². The number of hydrazine groups is 1. The first-order chi connectivity index (χ1) is 9.15. The number of ether oxygens (including phenoxy) is 2. The molecule has 6 nitrogen and oxygen atoms in total. The molecule has 0 aromatic heterocycles. The van der Waals surface area contributed by atoms with E-state index in [0.717, 1.165) is 24.2 Å². The second-order valence-corrected chi connectivity index (χ2v) is 4.18. The number of aryl methyl sites for hydroxylation is 1. The highest BCUT2D eigenvalue weighted by atomic mass is 16.5. The summed E-state index contributed by atoms with van der Waals surface area (Å²) in [6.45, 7) is 0. The number of nitrogens with zero attached hydrogens (tertiary/aromatic N) is 1. The molecule has 1 aliphatic heterocycles. The molecule has 0 spiro atoms. The lowest BCUT2D eigenvalue weighted by atomic mass is 10.1. The summed E-state index contributed by atoms with van der Waals surface area (Å²) >= 11 is 0. The first kappa shape index (κ1) is 13.2. The van der Waals surface area contributed by atoms with E-state index >= 15 is 0 Å². The molecule has 1 N–H and O–H groups in total. The van der Waals surface area contributed by atoms with Gasteiger partial charge >= 0.3 is 6.09 Å². The molecule has 0 radical (unpaired) electrons. The van der Waals surface area contributed by atoms with Crippen LogP contribution in [0.15, 0.2) is 18.2 Å². The van der Waals surface area contributed by atoms with Gasteiger partial charge in [0.1, 0.15) is 5.75 Å². The van der Waals surface area contributed by atoms with Gasteiger partial charge in [0.15, 0.2) is 0 Å². The highest BCUT2D eigenvalue weighted by Gasteiger charge is 2.24. The van der Waals surface area contributed by atoms with Crippen molar-refractivity contribution in [2.75, 3.05) is 19.2 Å². The lowest BCUT2D eigenvalue weighted by Crippen LogP contribution is -2.46. The maximum absolute atomic E-state index is 12.0. The van der Waals surface area contributed by atoms with Gasteiger partial charge in [-0.15, -0.1) is 0 Å². The maximum atomic E-state index is 12.0. The number of amides is 2. The number of methoxy groups -OCH3 is 2. The van der Waals surface area contributed by atoms with Crippen LogP contribution in [-0.4, -0.2) is 26.2 Å². The van der Waals surface area contributed by atoms with Crippen molar-refractivity contribution < 1.29 is 19.1 Å². The molecule has 102 valence electrons. The fourth-order valence-electron chi connectivity index (χ4n) is 2.04. The second-order valence-electron chi connectivity index (χ2n) is 4.18. The van der Waals surface area contributed by atoms with Crippen molar-refractivity contribution >= 4 is 17.7 Å². The molecule has 0 bridgehead atoms. The van der Waals surface area contributed by atoms with Crippen molar-refractivity contribution in [2.24, 2.45) is 0 Å². The molecule has 19 heavy (non-hydrogen) atoms. The fraction of sp³-hybridized carbons (Fsp3) is 0.385. The minimum atomic E-state index is -0.669. The average molecular weight is 264 g/mol. The van der Waals surface area contributed by atoms with Gasteiger partial charge in [-0.3, -0.25) is 4.79 Å². The minimum Gasteiger partial charge on any atom is -0.497 e. The molecular formula is C13H16N2O4. The molecule has 0 aliphatic carbocycles. The highest BCUT2D eigenvalue weighted by Crippen LogP contribution is 2.29. The number of nitrogens with one attached hydrogen (secondary N) is 1. The summed E-state index contributed by atoms with van der Waals surface area (Å²) < 4.78 is 9.70. The van der Waals surface area contributed by atoms with Gasteiger partial charge in [-0.25, -0.2) is 15.2 Å². The van der Waals surface area contributed by atoms with Crippen LogP contribution in [0.5, 0.6) is 5.75 Å². The van der Waals surface area contributed by atoms with Gasteiger partial charge in [0.05, 0.1) is 19.9 Å². The summed E-state index contributed by atoms with van der Waals surface area (Å²) in [5.41, 5.74) is 4.05. The van der Waals surface area contributed by atoms with E-state index < -0.39 is 6.09 Å². The molecular weight excluding hydrogens is 248 g/mol. The first-order valence-electron chi connectivity index (χ1n) is 6.00. The Morgan fingerprint density at radius 3 is 2.79 bits per heavy atom. The van der Waals surface area contributed by atoms with E-state index in [9.17, 15) is 9.59 Å². The van der Waals surface area contributed by atoms with Crippen LogP contribution in [-0.2, 0) is 16.0 Å². The minimum absolute atomic E-state index is 0.158. The van der Waals surface area contributed by atoms with E-state index in [1.165, 1.54) is 12.1 Å². The van der Waals surface area contributed by atoms with E-state index in [-0.39, 0.29) is 5.91 Å². The van der Waals surface area contributed by atoms with Gasteiger partial charge in [0.2, 0.25) is 5.91 Å². The Labute approximate surface area is 111 Å². The van der Waals surface area contributed by atoms with Crippen LogP contribution in [0.4, 0.5) is 10.5 Å². The Hall–Kier alpha value is -2.24. The van der Waals surface area contributed by atoms with Crippen LogP contribution in [0, 0.1) is 0 Å². The van der Waals surface area contributed by atoms with E-state index in [0.29, 0.717) is 12.1 Å². The van der Waals surface area contributed by atoms with E-state index in [1.54, 1.807) is 19.2 Å². The molecule has 0 saturated carbocycles. The van der Waals surface area contributed by atoms with Gasteiger partial charge in [0.25, 0.3) is 0 Å². The molecule has 2 amide bonds. The molecule has 6 heteroatoms. The number of benzene rings is 1. The summed E-state index contributed by atoms with van der Waals surface area (Å²) in [4.78, 5) is 23.3. The van der Waals surface area contributed by atoms with E-state index in [1.807, 2.05) is 6.07 Å². The Morgan fingerprint density at radius 1 is 1.32 bits per heavy atom. The fourth-order valence-corrected chi connectivity index (χ4v) is 2.04. The van der Waals surface area contributed by atoms with Gasteiger partial charge < -0.3 is 9.47 Å². The number of carbonyl (C=O) groups is 2. The summed E-state index contributed by atoms with van der Waals surface area (Å²) in [6, 6.07) is 5.39. The van der Waals surface area contributed by atoms with Gasteiger partial charge in [-0.1, -0.05) is 0 Å². The molecule has 1 aromatic carbocycles. The summed E-state index contributed by atoms with van der Waals surface area (Å²) in [5, 5.41) is 1.24. The quantitative estimate of drug-likeness (QED) is 0.881. The van der Waals surface area contributed by atoms with Crippen LogP contribution in [0.1, 0.15) is 18.4 Å². The summed E-state index contributed by atoms with van der Waals surface area (Å²) in [7, 11) is 2.85. The zero-order valence-corrected chi connectivity index (χ0v) is 10.9. The van der Waals surface area contributed by atoms with E-state index in [4.69, 9.17) is 4.74 Å². The zero-order chi connectivity index (χ0) is 13.8. The number of rotatable bonds is 2. The largest absolute Gasteiger partial charge is 0.497 e. The number of anilines is 1. The smallest absolute Gasteiger partial charge is 0.426 e. The normalized spacial score (nSPS) is 14.4. The Kier molecular flexibility index (Phi) is 3.89. The summed E-state index contributed by atoms with van der Waals surface area (Å²) in [5.74, 6) is 0.570. The lowest BCUT2D eigenvalue weighted by Gasteiger charge is -2.22. The molecule has 0 unspecified atom stereocenters. The van der Waals surface area contributed by atoms with Crippen LogP contribution in [0.25, 0.3) is 0 Å². The molecule has 0 atom stereocenters. The van der Waals surface area contributed by atoms with Crippen LogP contribution in [0.2, 0.25) is 0 Å². The molecule has 1 heterocycles. The average Bonchev–Trinajstić information content (AvgIpc) is 2.58. The third-order valence-corrected chi connectivity index (χ3v) is 3.00. The second kappa shape index (κ2) is 5.60. The predicted octanol–water partition coefficient (Wildman–Crippen LogP) is 1.64. The molecule has 1 aromatic rings. The number of hydrogen-bond acceptors (Lipinski definition) is 4. The SMILES string of the molecule is COC(=O)NN1C(=O)CCCc2cc(OC)ccc21. The van der Waals surface area contributed by atoms with Gasteiger partial charge in [-0.05, 0) is 36.6 Å². The Balaban J connectivity index is 2.37. The van der Waals surface area contributed by atoms with E-state index in [2.05, 4.69) is 10.2 Å². The molecule has 1 aliphatic rings. The van der Waals surface area contributed by atoms with Gasteiger partial charge in [-0.2, -0.15) is 0 Å². The third-order valence-electron chi connectivity index (χ3n) is 3.00. The zero-order valence-electron chi connectivity index (χ0n) is 10.9. The number of carbonyl (C=O) groups excluding carboxylic acids is 2. The van der Waals surface area contributed by atoms with Crippen LogP contribution >= 0.6 is 0 Å².